The standard InChI is InChI=1S/C35H56N4O4SSi/c1-7-36-34(40)39(31-12-9-8-10-13-31)23-11-22-37-24-18-30(19-25-37)28-29-14-16-33(17-15-29)44(41,42)38-26-20-32(21-27-38)43-45(5,6)35(2,3)4/h8-10,12-17,30,32H,7,11,18-28H2,1-6H3,(H,36,40). The van der Waals surface area contributed by atoms with E-state index in [0.29, 0.717) is 37.0 Å². The number of piperidine rings is 2. The maximum absolute atomic E-state index is 13.4. The van der Waals surface area contributed by atoms with Crippen molar-refractivity contribution < 1.29 is 17.6 Å². The smallest absolute Gasteiger partial charge is 0.321 e. The van der Waals surface area contributed by atoms with E-state index in [1.54, 1.807) is 16.4 Å². The van der Waals surface area contributed by atoms with Gasteiger partial charge in [-0.25, -0.2) is 13.2 Å². The van der Waals surface area contributed by atoms with Crippen molar-refractivity contribution in [3.05, 3.63) is 60.2 Å². The number of nitrogens with one attached hydrogen (secondary N) is 1. The number of anilines is 1. The van der Waals surface area contributed by atoms with Crippen molar-refractivity contribution in [3.63, 3.8) is 0 Å². The molecule has 45 heavy (non-hydrogen) atoms. The van der Waals surface area contributed by atoms with Gasteiger partial charge < -0.3 is 14.6 Å². The molecular formula is C35H56N4O4SSi. The molecule has 8 nitrogen and oxygen atoms in total. The predicted molar refractivity (Wildman–Crippen MR) is 187 cm³/mol. The molecule has 2 aromatic carbocycles. The second-order valence-electron chi connectivity index (χ2n) is 14.3. The highest BCUT2D eigenvalue weighted by atomic mass is 32.2. The molecule has 10 heteroatoms. The van der Waals surface area contributed by atoms with Gasteiger partial charge in [-0.15, -0.1) is 0 Å². The summed E-state index contributed by atoms with van der Waals surface area (Å²) in [5.74, 6) is 0.597. The third-order valence-electron chi connectivity index (χ3n) is 9.96. The molecule has 4 rings (SSSR count). The summed E-state index contributed by atoms with van der Waals surface area (Å²) in [4.78, 5) is 17.4. The first kappa shape index (κ1) is 35.6. The third-order valence-corrected chi connectivity index (χ3v) is 16.4. The van der Waals surface area contributed by atoms with Gasteiger partial charge in [-0.1, -0.05) is 51.1 Å². The minimum atomic E-state index is -3.50. The zero-order chi connectivity index (χ0) is 32.7. The number of hydrogen-bond acceptors (Lipinski definition) is 5. The van der Waals surface area contributed by atoms with Gasteiger partial charge >= 0.3 is 6.03 Å². The fraction of sp³-hybridized carbons (Fsp3) is 0.629. The average molecular weight is 657 g/mol. The van der Waals surface area contributed by atoms with Gasteiger partial charge in [0.05, 0.1) is 4.90 Å². The first-order valence-electron chi connectivity index (χ1n) is 16.9. The molecule has 2 aliphatic rings. The molecule has 0 spiro atoms. The van der Waals surface area contributed by atoms with E-state index in [-0.39, 0.29) is 17.2 Å². The minimum absolute atomic E-state index is 0.0440. The van der Waals surface area contributed by atoms with Gasteiger partial charge in [-0.2, -0.15) is 4.31 Å². The number of amides is 2. The number of carbonyl (C=O) groups excluding carboxylic acids is 1. The zero-order valence-electron chi connectivity index (χ0n) is 28.4. The van der Waals surface area contributed by atoms with Crippen LogP contribution >= 0.6 is 0 Å². The second-order valence-corrected chi connectivity index (χ2v) is 21.0. The summed E-state index contributed by atoms with van der Waals surface area (Å²) in [6.45, 7) is 18.6. The van der Waals surface area contributed by atoms with Crippen LogP contribution in [0.15, 0.2) is 59.5 Å². The number of sulfonamides is 1. The number of nitrogens with zero attached hydrogens (tertiary/aromatic N) is 3. The first-order valence-corrected chi connectivity index (χ1v) is 21.2. The normalized spacial score (nSPS) is 18.2. The number of carbonyl (C=O) groups is 1. The Morgan fingerprint density at radius 2 is 1.58 bits per heavy atom. The summed E-state index contributed by atoms with van der Waals surface area (Å²) in [6, 6.07) is 17.4. The van der Waals surface area contributed by atoms with Crippen LogP contribution in [0.1, 0.15) is 65.4 Å². The van der Waals surface area contributed by atoms with E-state index >= 15 is 0 Å². The molecule has 2 aromatic rings. The Labute approximate surface area is 273 Å². The molecule has 250 valence electrons. The van der Waals surface area contributed by atoms with Crippen molar-refractivity contribution in [2.45, 2.75) is 95.4 Å². The van der Waals surface area contributed by atoms with E-state index in [0.717, 1.165) is 63.8 Å². The lowest BCUT2D eigenvalue weighted by atomic mass is 9.90. The number of para-hydroxylation sites is 1. The number of benzene rings is 2. The van der Waals surface area contributed by atoms with Crippen LogP contribution in [0.25, 0.3) is 0 Å². The number of rotatable bonds is 12. The summed E-state index contributed by atoms with van der Waals surface area (Å²) >= 11 is 0. The van der Waals surface area contributed by atoms with Crippen LogP contribution in [-0.4, -0.2) is 83.9 Å². The third kappa shape index (κ3) is 9.64. The Morgan fingerprint density at radius 1 is 0.956 bits per heavy atom. The maximum Gasteiger partial charge on any atom is 0.321 e. The quantitative estimate of drug-likeness (QED) is 0.256. The van der Waals surface area contributed by atoms with Crippen LogP contribution in [0.5, 0.6) is 0 Å². The Morgan fingerprint density at radius 3 is 2.16 bits per heavy atom. The Kier molecular flexibility index (Phi) is 12.3. The van der Waals surface area contributed by atoms with E-state index in [1.807, 2.05) is 54.3 Å². The van der Waals surface area contributed by atoms with Crippen molar-refractivity contribution in [2.75, 3.05) is 50.7 Å². The summed E-state index contributed by atoms with van der Waals surface area (Å²) in [7, 11) is -5.37. The van der Waals surface area contributed by atoms with Crippen LogP contribution < -0.4 is 10.2 Å². The Hall–Kier alpha value is -2.24. The molecule has 1 N–H and O–H groups in total. The van der Waals surface area contributed by atoms with Crippen molar-refractivity contribution in [1.82, 2.24) is 14.5 Å². The molecule has 2 heterocycles. The van der Waals surface area contributed by atoms with E-state index in [4.69, 9.17) is 4.43 Å². The Bertz CT molecular complexity index is 1320. The Balaban J connectivity index is 1.21. The maximum atomic E-state index is 13.4. The number of likely N-dealkylation sites (tertiary alicyclic amines) is 1. The fourth-order valence-corrected chi connectivity index (χ4v) is 9.03. The molecule has 2 saturated heterocycles. The summed E-state index contributed by atoms with van der Waals surface area (Å²) in [5.41, 5.74) is 2.13. The van der Waals surface area contributed by atoms with Crippen molar-refractivity contribution >= 4 is 30.1 Å². The molecule has 2 fully saturated rings. The largest absolute Gasteiger partial charge is 0.414 e. The average Bonchev–Trinajstić information content (AvgIpc) is 3.00. The first-order chi connectivity index (χ1) is 21.3. The van der Waals surface area contributed by atoms with E-state index in [1.165, 1.54) is 5.56 Å². The second kappa shape index (κ2) is 15.6. The van der Waals surface area contributed by atoms with Gasteiger partial charge in [-0.05, 0) is 119 Å². The monoisotopic (exact) mass is 656 g/mol. The molecule has 0 saturated carbocycles. The van der Waals surface area contributed by atoms with Crippen LogP contribution in [0, 0.1) is 5.92 Å². The van der Waals surface area contributed by atoms with Crippen LogP contribution in [-0.2, 0) is 20.9 Å². The lowest BCUT2D eigenvalue weighted by molar-refractivity contribution is 0.120. The molecule has 0 bridgehead atoms. The van der Waals surface area contributed by atoms with Gasteiger partial charge in [0.2, 0.25) is 10.0 Å². The van der Waals surface area contributed by atoms with E-state index in [2.05, 4.69) is 44.1 Å². The van der Waals surface area contributed by atoms with E-state index in [9.17, 15) is 13.2 Å². The molecule has 0 radical (unpaired) electrons. The zero-order valence-corrected chi connectivity index (χ0v) is 30.2. The van der Waals surface area contributed by atoms with Gasteiger partial charge in [0.1, 0.15) is 0 Å². The van der Waals surface area contributed by atoms with E-state index < -0.39 is 18.3 Å². The highest BCUT2D eigenvalue weighted by molar-refractivity contribution is 7.89. The van der Waals surface area contributed by atoms with Gasteiger partial charge in [0.15, 0.2) is 8.32 Å². The van der Waals surface area contributed by atoms with Crippen LogP contribution in [0.2, 0.25) is 18.1 Å². The van der Waals surface area contributed by atoms with Crippen molar-refractivity contribution in [1.29, 1.82) is 0 Å². The number of urea groups is 1. The highest BCUT2D eigenvalue weighted by Gasteiger charge is 2.40. The molecule has 0 aromatic heterocycles. The molecule has 0 unspecified atom stereocenters. The summed E-state index contributed by atoms with van der Waals surface area (Å²) in [5, 5.41) is 3.08. The minimum Gasteiger partial charge on any atom is -0.414 e. The van der Waals surface area contributed by atoms with Gasteiger partial charge in [0.25, 0.3) is 0 Å². The SMILES string of the molecule is CCNC(=O)N(CCCN1CCC(Cc2ccc(S(=O)(=O)N3CCC(O[Si](C)(C)C(C)(C)C)CC3)cc2)CC1)c1ccccc1. The van der Waals surface area contributed by atoms with Crippen molar-refractivity contribution in [3.8, 4) is 0 Å². The fourth-order valence-electron chi connectivity index (χ4n) is 6.13. The lowest BCUT2D eigenvalue weighted by Gasteiger charge is -2.41. The summed E-state index contributed by atoms with van der Waals surface area (Å²) < 4.78 is 35.0. The topological polar surface area (TPSA) is 82.2 Å². The molecular weight excluding hydrogens is 601 g/mol. The number of hydrogen-bond donors (Lipinski definition) is 1. The van der Waals surface area contributed by atoms with Gasteiger partial charge in [-0.3, -0.25) is 4.90 Å². The molecule has 2 aliphatic heterocycles. The molecule has 0 aliphatic carbocycles. The highest BCUT2D eigenvalue weighted by Crippen LogP contribution is 2.38. The lowest BCUT2D eigenvalue weighted by Crippen LogP contribution is -2.48. The predicted octanol–water partition coefficient (Wildman–Crippen LogP) is 6.74. The molecule has 0 atom stereocenters. The van der Waals surface area contributed by atoms with Gasteiger partial charge in [0, 0.05) is 38.0 Å². The molecule has 2 amide bonds. The van der Waals surface area contributed by atoms with Crippen LogP contribution in [0.3, 0.4) is 0 Å². The van der Waals surface area contributed by atoms with Crippen LogP contribution in [0.4, 0.5) is 10.5 Å². The summed E-state index contributed by atoms with van der Waals surface area (Å²) in [6.07, 6.45) is 5.80. The van der Waals surface area contributed by atoms with Crippen molar-refractivity contribution in [2.24, 2.45) is 5.92 Å².